The molecule has 0 spiro atoms. The number of sulfonamides is 1. The number of aryl methyl sites for hydroxylation is 1. The predicted molar refractivity (Wildman–Crippen MR) is 85.7 cm³/mol. The molecule has 0 unspecified atom stereocenters. The third kappa shape index (κ3) is 3.45. The molecule has 112 valence electrons. The lowest BCUT2D eigenvalue weighted by atomic mass is 10.3. The van der Waals surface area contributed by atoms with Gasteiger partial charge in [-0.25, -0.2) is 8.42 Å². The highest BCUT2D eigenvalue weighted by Crippen LogP contribution is 2.24. The minimum atomic E-state index is -3.82. The van der Waals surface area contributed by atoms with Gasteiger partial charge < -0.3 is 10.3 Å². The number of anilines is 2. The molecule has 0 saturated heterocycles. The van der Waals surface area contributed by atoms with Gasteiger partial charge in [0.1, 0.15) is 4.90 Å². The molecule has 0 atom stereocenters. The van der Waals surface area contributed by atoms with Gasteiger partial charge in [-0.15, -0.1) is 0 Å². The number of nitrogens with one attached hydrogen (secondary N) is 1. The van der Waals surface area contributed by atoms with E-state index in [0.717, 1.165) is 0 Å². The molecular weight excluding hydrogens is 358 g/mol. The Morgan fingerprint density at radius 3 is 2.67 bits per heavy atom. The monoisotopic (exact) mass is 371 g/mol. The average molecular weight is 372 g/mol. The summed E-state index contributed by atoms with van der Waals surface area (Å²) < 4.78 is 29.1. The first-order valence-corrected chi connectivity index (χ1v) is 8.39. The molecule has 0 bridgehead atoms. The highest BCUT2D eigenvalue weighted by atomic mass is 79.9. The Hall–Kier alpha value is -1.80. The summed E-state index contributed by atoms with van der Waals surface area (Å²) in [5.41, 5.74) is 5.97. The van der Waals surface area contributed by atoms with E-state index in [4.69, 9.17) is 5.73 Å². The first-order valence-electron chi connectivity index (χ1n) is 6.12. The smallest absolute Gasteiger partial charge is 0.264 e. The molecule has 0 aliphatic rings. The molecule has 0 radical (unpaired) electrons. The van der Waals surface area contributed by atoms with E-state index in [-0.39, 0.29) is 16.1 Å². The van der Waals surface area contributed by atoms with Crippen molar-refractivity contribution in [3.8, 4) is 0 Å². The molecule has 2 aromatic rings. The Labute approximate surface area is 130 Å². The van der Waals surface area contributed by atoms with Crippen LogP contribution in [0.1, 0.15) is 6.92 Å². The van der Waals surface area contributed by atoms with Crippen molar-refractivity contribution in [2.24, 2.45) is 0 Å². The summed E-state index contributed by atoms with van der Waals surface area (Å²) in [5.74, 6) is 0. The van der Waals surface area contributed by atoms with Crippen molar-refractivity contribution in [1.82, 2.24) is 4.57 Å². The number of pyridine rings is 1. The molecule has 1 aromatic carbocycles. The van der Waals surface area contributed by atoms with Gasteiger partial charge in [-0.2, -0.15) is 0 Å². The van der Waals surface area contributed by atoms with Gasteiger partial charge in [-0.3, -0.25) is 9.52 Å². The second-order valence-electron chi connectivity index (χ2n) is 4.33. The van der Waals surface area contributed by atoms with Crippen molar-refractivity contribution in [3.63, 3.8) is 0 Å². The van der Waals surface area contributed by atoms with Crippen LogP contribution in [-0.2, 0) is 16.6 Å². The lowest BCUT2D eigenvalue weighted by molar-refractivity contribution is 0.601. The largest absolute Gasteiger partial charge is 0.398 e. The zero-order valence-corrected chi connectivity index (χ0v) is 13.6. The first kappa shape index (κ1) is 15.6. The van der Waals surface area contributed by atoms with Crippen LogP contribution in [0.4, 0.5) is 11.4 Å². The average Bonchev–Trinajstić information content (AvgIpc) is 2.43. The van der Waals surface area contributed by atoms with E-state index in [1.807, 2.05) is 0 Å². The SMILES string of the molecule is CCn1cc(NS(=O)(=O)c2cc(Br)ccc2N)ccc1=O. The maximum atomic E-state index is 12.4. The third-order valence-corrected chi connectivity index (χ3v) is 4.77. The Bertz CT molecular complexity index is 831. The van der Waals surface area contributed by atoms with Crippen LogP contribution in [0.25, 0.3) is 0 Å². The van der Waals surface area contributed by atoms with E-state index < -0.39 is 10.0 Å². The van der Waals surface area contributed by atoms with Crippen LogP contribution < -0.4 is 16.0 Å². The minimum absolute atomic E-state index is 0.0221. The molecular formula is C13H14BrN3O3S. The molecule has 0 fully saturated rings. The molecule has 6 nitrogen and oxygen atoms in total. The number of hydrogen-bond donors (Lipinski definition) is 2. The van der Waals surface area contributed by atoms with Gasteiger partial charge in [0.2, 0.25) is 0 Å². The second kappa shape index (κ2) is 5.90. The van der Waals surface area contributed by atoms with E-state index >= 15 is 0 Å². The number of halogens is 1. The van der Waals surface area contributed by atoms with Crippen LogP contribution in [0.3, 0.4) is 0 Å². The van der Waals surface area contributed by atoms with Crippen molar-refractivity contribution in [2.75, 3.05) is 10.5 Å². The summed E-state index contributed by atoms with van der Waals surface area (Å²) in [6.45, 7) is 2.25. The van der Waals surface area contributed by atoms with Gasteiger partial charge >= 0.3 is 0 Å². The van der Waals surface area contributed by atoms with Gasteiger partial charge in [-0.1, -0.05) is 15.9 Å². The fourth-order valence-electron chi connectivity index (χ4n) is 1.79. The third-order valence-electron chi connectivity index (χ3n) is 2.84. The van der Waals surface area contributed by atoms with Crippen LogP contribution in [0.5, 0.6) is 0 Å². The summed E-state index contributed by atoms with van der Waals surface area (Å²) >= 11 is 3.21. The molecule has 0 aliphatic heterocycles. The van der Waals surface area contributed by atoms with E-state index in [2.05, 4.69) is 20.7 Å². The number of hydrogen-bond acceptors (Lipinski definition) is 4. The fourth-order valence-corrected chi connectivity index (χ4v) is 3.50. The zero-order valence-electron chi connectivity index (χ0n) is 11.2. The zero-order chi connectivity index (χ0) is 15.6. The van der Waals surface area contributed by atoms with Gasteiger partial charge in [0.25, 0.3) is 15.6 Å². The molecule has 0 saturated carbocycles. The van der Waals surface area contributed by atoms with Gasteiger partial charge in [0.15, 0.2) is 0 Å². The van der Waals surface area contributed by atoms with Crippen molar-refractivity contribution in [2.45, 2.75) is 18.4 Å². The van der Waals surface area contributed by atoms with Crippen LogP contribution in [0.2, 0.25) is 0 Å². The maximum absolute atomic E-state index is 12.4. The Balaban J connectivity index is 2.42. The van der Waals surface area contributed by atoms with E-state index in [9.17, 15) is 13.2 Å². The second-order valence-corrected chi connectivity index (χ2v) is 6.90. The van der Waals surface area contributed by atoms with Gasteiger partial charge in [0, 0.05) is 23.3 Å². The molecule has 8 heteroatoms. The normalized spacial score (nSPS) is 11.3. The van der Waals surface area contributed by atoms with Crippen LogP contribution >= 0.6 is 15.9 Å². The Kier molecular flexibility index (Phi) is 4.38. The summed E-state index contributed by atoms with van der Waals surface area (Å²) in [6, 6.07) is 7.32. The quantitative estimate of drug-likeness (QED) is 0.803. The molecule has 2 rings (SSSR count). The standard InChI is InChI=1S/C13H14BrN3O3S/c1-2-17-8-10(4-6-13(17)18)16-21(19,20)12-7-9(14)3-5-11(12)15/h3-8,16H,2,15H2,1H3. The number of nitrogens with two attached hydrogens (primary N) is 1. The molecule has 0 amide bonds. The predicted octanol–water partition coefficient (Wildman–Crippen LogP) is 2.01. The Morgan fingerprint density at radius 1 is 1.29 bits per heavy atom. The first-order chi connectivity index (χ1) is 9.83. The molecule has 0 aliphatic carbocycles. The Morgan fingerprint density at radius 2 is 2.00 bits per heavy atom. The van der Waals surface area contributed by atoms with Crippen LogP contribution in [0, 0.1) is 0 Å². The number of benzene rings is 1. The van der Waals surface area contributed by atoms with Gasteiger partial charge in [0.05, 0.1) is 11.4 Å². The summed E-state index contributed by atoms with van der Waals surface area (Å²) in [7, 11) is -3.82. The van der Waals surface area contributed by atoms with E-state index in [1.165, 1.54) is 35.0 Å². The lowest BCUT2D eigenvalue weighted by Gasteiger charge is -2.11. The van der Waals surface area contributed by atoms with Crippen LogP contribution in [0.15, 0.2) is 50.7 Å². The lowest BCUT2D eigenvalue weighted by Crippen LogP contribution is -2.20. The number of nitrogens with zero attached hydrogens (tertiary/aromatic N) is 1. The fraction of sp³-hybridized carbons (Fsp3) is 0.154. The maximum Gasteiger partial charge on any atom is 0.264 e. The number of nitrogen functional groups attached to an aromatic ring is 1. The van der Waals surface area contributed by atoms with E-state index in [0.29, 0.717) is 16.7 Å². The summed E-state index contributed by atoms with van der Waals surface area (Å²) in [6.07, 6.45) is 1.45. The topological polar surface area (TPSA) is 94.2 Å². The minimum Gasteiger partial charge on any atom is -0.398 e. The van der Waals surface area contributed by atoms with E-state index in [1.54, 1.807) is 13.0 Å². The highest BCUT2D eigenvalue weighted by Gasteiger charge is 2.18. The number of aromatic nitrogens is 1. The highest BCUT2D eigenvalue weighted by molar-refractivity contribution is 9.10. The van der Waals surface area contributed by atoms with Crippen molar-refractivity contribution in [3.05, 3.63) is 51.4 Å². The van der Waals surface area contributed by atoms with Crippen LogP contribution in [-0.4, -0.2) is 13.0 Å². The summed E-state index contributed by atoms with van der Waals surface area (Å²) in [5, 5.41) is 0. The molecule has 1 heterocycles. The van der Waals surface area contributed by atoms with Crippen molar-refractivity contribution >= 4 is 37.3 Å². The molecule has 3 N–H and O–H groups in total. The summed E-state index contributed by atoms with van der Waals surface area (Å²) in [4.78, 5) is 11.5. The number of rotatable bonds is 4. The van der Waals surface area contributed by atoms with Gasteiger partial charge in [-0.05, 0) is 31.2 Å². The van der Waals surface area contributed by atoms with Crippen molar-refractivity contribution < 1.29 is 8.42 Å². The van der Waals surface area contributed by atoms with Crippen molar-refractivity contribution in [1.29, 1.82) is 0 Å². The molecule has 21 heavy (non-hydrogen) atoms. The molecule has 1 aromatic heterocycles.